The number of carbonyl (C=O) groups excluding carboxylic acids is 6. The minimum absolute atomic E-state index is 0.000949. The van der Waals surface area contributed by atoms with Gasteiger partial charge in [0.1, 0.15) is 13.1 Å². The van der Waals surface area contributed by atoms with E-state index in [4.69, 9.17) is 22.4 Å². The number of nitrogens with two attached hydrogens (primary N) is 1. The Labute approximate surface area is 495 Å². The topological polar surface area (TPSA) is 296 Å². The Morgan fingerprint density at radius 1 is 0.529 bits per heavy atom. The van der Waals surface area contributed by atoms with E-state index in [0.717, 1.165) is 136 Å². The van der Waals surface area contributed by atoms with Gasteiger partial charge in [-0.1, -0.05) is 135 Å². The van der Waals surface area contributed by atoms with Crippen LogP contribution in [0.15, 0.2) is 126 Å². The number of fused-ring (bicyclic) bond motifs is 2. The normalized spacial score (nSPS) is 17.8. The summed E-state index contributed by atoms with van der Waals surface area (Å²) in [4.78, 5) is 109. The van der Waals surface area contributed by atoms with Crippen LogP contribution in [-0.2, 0) is 19.2 Å². The molecule has 2 aromatic heterocycles. The third-order valence-electron chi connectivity index (χ3n) is 16.6. The standard InChI is InChI=1S/C31H34N6O5.C23H28ClN3O3.C8H7N3O2/c38-26(20-9-4-5-10-20)18-36-25-16-7-6-15-24(25)28(21-11-2-1-3-12-21)34-37(31(36)41)19-27(39)32-23-14-8-13-22(17-23)29-33-30(40)42-35-29;24-21(29)15-27-23(30)26(14-20(28)16-8-4-5-9-16)19-13-7-6-12-18(19)22(25-27)17-10-2-1-3-11-17;9-6-3-1-2-5(4-6)7-10-8(12)13-11-7/h6-8,13-17,20-21H,1-5,9-12,18-19H2,(H,32,39)(H,33,35,40);6-7,12-13,16-17H,1-5,8-11,14-15H2;1-4H,9H2,(H,10,11,12). The summed E-state index contributed by atoms with van der Waals surface area (Å²) in [6.45, 7) is -0.689. The van der Waals surface area contributed by atoms with Crippen LogP contribution in [0, 0.1) is 23.7 Å². The molecule has 85 heavy (non-hydrogen) atoms. The van der Waals surface area contributed by atoms with Gasteiger partial charge in [0.2, 0.25) is 11.1 Å². The molecule has 0 atom stereocenters. The lowest BCUT2D eigenvalue weighted by Crippen LogP contribution is -2.46. The van der Waals surface area contributed by atoms with E-state index < -0.39 is 34.7 Å². The number of nitrogen functional groups attached to an aromatic ring is 1. The van der Waals surface area contributed by atoms with Crippen molar-refractivity contribution in [3.8, 4) is 22.8 Å². The molecule has 22 nitrogen and oxygen atoms in total. The van der Waals surface area contributed by atoms with Gasteiger partial charge < -0.3 is 11.1 Å². The molecule has 23 heteroatoms. The number of aromatic nitrogens is 4. The number of nitrogens with zero attached hydrogens (tertiary/aromatic N) is 8. The zero-order valence-electron chi connectivity index (χ0n) is 47.2. The molecule has 0 unspecified atom stereocenters. The van der Waals surface area contributed by atoms with Crippen LogP contribution in [0.3, 0.4) is 0 Å². The van der Waals surface area contributed by atoms with Gasteiger partial charge in [-0.05, 0) is 99.4 Å². The summed E-state index contributed by atoms with van der Waals surface area (Å²) in [6, 6.07) is 28.1. The summed E-state index contributed by atoms with van der Waals surface area (Å²) < 4.78 is 8.94. The van der Waals surface area contributed by atoms with Crippen LogP contribution in [0.2, 0.25) is 0 Å². The number of amides is 5. The number of benzene rings is 4. The molecule has 4 heterocycles. The first-order chi connectivity index (χ1) is 41.3. The van der Waals surface area contributed by atoms with Crippen LogP contribution in [0.4, 0.5) is 32.3 Å². The van der Waals surface area contributed by atoms with E-state index in [1.54, 1.807) is 48.5 Å². The zero-order valence-corrected chi connectivity index (χ0v) is 48.0. The van der Waals surface area contributed by atoms with Crippen molar-refractivity contribution in [2.24, 2.45) is 33.9 Å². The number of aromatic amines is 2. The molecule has 0 spiro atoms. The molecule has 5 N–H and O–H groups in total. The number of hydrazone groups is 2. The number of nitrogens with one attached hydrogen (secondary N) is 3. The fourth-order valence-electron chi connectivity index (χ4n) is 12.3. The highest BCUT2D eigenvalue weighted by atomic mass is 35.5. The second-order valence-electron chi connectivity index (χ2n) is 22.4. The summed E-state index contributed by atoms with van der Waals surface area (Å²) in [6.07, 6.45) is 18.3. The summed E-state index contributed by atoms with van der Waals surface area (Å²) in [5.74, 6) is -0.605. The van der Waals surface area contributed by atoms with Gasteiger partial charge >= 0.3 is 23.6 Å². The molecule has 4 saturated carbocycles. The van der Waals surface area contributed by atoms with Crippen LogP contribution in [0.1, 0.15) is 127 Å². The highest BCUT2D eigenvalue weighted by Crippen LogP contribution is 2.37. The van der Waals surface area contributed by atoms with E-state index in [-0.39, 0.29) is 67.2 Å². The molecule has 12 rings (SSSR count). The number of rotatable bonds is 15. The lowest BCUT2D eigenvalue weighted by Gasteiger charge is -2.26. The van der Waals surface area contributed by atoms with E-state index in [1.807, 2.05) is 48.5 Å². The smallest absolute Gasteiger partial charge is 0.399 e. The van der Waals surface area contributed by atoms with Gasteiger partial charge in [0, 0.05) is 57.3 Å². The van der Waals surface area contributed by atoms with E-state index in [1.165, 1.54) is 27.7 Å². The second-order valence-corrected chi connectivity index (χ2v) is 22.8. The van der Waals surface area contributed by atoms with E-state index in [0.29, 0.717) is 34.1 Å². The summed E-state index contributed by atoms with van der Waals surface area (Å²) in [5.41, 5.74) is 12.6. The van der Waals surface area contributed by atoms with Crippen LogP contribution in [0.25, 0.3) is 22.8 Å². The van der Waals surface area contributed by atoms with Gasteiger partial charge in [-0.25, -0.2) is 29.2 Å². The number of ketones is 2. The van der Waals surface area contributed by atoms with E-state index >= 15 is 0 Å². The third-order valence-corrected chi connectivity index (χ3v) is 16.7. The van der Waals surface area contributed by atoms with Crippen molar-refractivity contribution in [1.82, 2.24) is 30.3 Å². The molecule has 4 fully saturated rings. The molecule has 0 bridgehead atoms. The van der Waals surface area contributed by atoms with Gasteiger partial charge in [-0.2, -0.15) is 10.2 Å². The number of hydrogen-bond donors (Lipinski definition) is 4. The fourth-order valence-corrected chi connectivity index (χ4v) is 12.4. The molecule has 4 aliphatic carbocycles. The van der Waals surface area contributed by atoms with E-state index in [9.17, 15) is 38.4 Å². The van der Waals surface area contributed by atoms with Gasteiger partial charge in [0.05, 0.1) is 35.9 Å². The molecule has 444 valence electrons. The van der Waals surface area contributed by atoms with Gasteiger partial charge in [-0.15, -0.1) is 0 Å². The molecule has 6 aliphatic rings. The van der Waals surface area contributed by atoms with Crippen LogP contribution < -0.4 is 32.4 Å². The number of halogens is 1. The van der Waals surface area contributed by atoms with Gasteiger partial charge in [-0.3, -0.25) is 48.0 Å². The summed E-state index contributed by atoms with van der Waals surface area (Å²) in [5, 5.41) is 21.3. The number of anilines is 4. The van der Waals surface area contributed by atoms with Crippen LogP contribution in [-0.4, -0.2) is 103 Å². The quantitative estimate of drug-likeness (QED) is 0.0550. The molecular weight excluding hydrogens is 1110 g/mol. The Bertz CT molecular complexity index is 3580. The summed E-state index contributed by atoms with van der Waals surface area (Å²) >= 11 is 5.64. The Hall–Kier alpha value is -8.79. The Kier molecular flexibility index (Phi) is 19.4. The predicted octanol–water partition coefficient (Wildman–Crippen LogP) is 10.3. The van der Waals surface area contributed by atoms with Crippen molar-refractivity contribution < 1.29 is 37.8 Å². The predicted molar refractivity (Wildman–Crippen MR) is 321 cm³/mol. The monoisotopic (exact) mass is 1180 g/mol. The van der Waals surface area contributed by atoms with Crippen LogP contribution >= 0.6 is 11.6 Å². The lowest BCUT2D eigenvalue weighted by molar-refractivity contribution is -0.122. The first-order valence-electron chi connectivity index (χ1n) is 29.4. The summed E-state index contributed by atoms with van der Waals surface area (Å²) in [7, 11) is 0. The second kappa shape index (κ2) is 27.7. The molecule has 2 aliphatic heterocycles. The fraction of sp³-hybridized carbons (Fsp3) is 0.419. The van der Waals surface area contributed by atoms with Crippen molar-refractivity contribution in [2.75, 3.05) is 47.0 Å². The van der Waals surface area contributed by atoms with Crippen molar-refractivity contribution >= 4 is 80.6 Å². The van der Waals surface area contributed by atoms with Crippen molar-refractivity contribution in [3.05, 3.63) is 129 Å². The minimum Gasteiger partial charge on any atom is -0.399 e. The maximum Gasteiger partial charge on any atom is 0.439 e. The molecule has 6 aromatic rings. The molecule has 0 radical (unpaired) electrons. The van der Waals surface area contributed by atoms with Gasteiger partial charge in [0.15, 0.2) is 23.2 Å². The maximum absolute atomic E-state index is 14.1. The Morgan fingerprint density at radius 3 is 1.41 bits per heavy atom. The molecular formula is C62H69ClN12O10. The Balaban J connectivity index is 0.000000161. The zero-order chi connectivity index (χ0) is 59.4. The number of Topliss-reactive ketones (excluding diaryl/α,β-unsaturated/α-hetero) is 2. The molecule has 4 aromatic carbocycles. The highest BCUT2D eigenvalue weighted by molar-refractivity contribution is 6.64. The molecule has 0 saturated heterocycles. The number of carbonyl (C=O) groups is 6. The SMILES string of the molecule is Nc1cccc(-c2noc(=O)[nH]2)c1.O=C(CN1N=C(C2CCCCC2)c2ccccc2N(CC(=O)C2CCCC2)C1=O)Nc1cccc(-c2noc(=O)[nH]2)c1.O=C(Cl)CN1N=C(C2CCCCC2)c2ccccc2N(CC(=O)C2CCCC2)C1=O. The van der Waals surface area contributed by atoms with Crippen molar-refractivity contribution in [1.29, 1.82) is 0 Å². The van der Waals surface area contributed by atoms with Crippen molar-refractivity contribution in [2.45, 2.75) is 116 Å². The van der Waals surface area contributed by atoms with E-state index in [2.05, 4.69) is 39.7 Å². The van der Waals surface area contributed by atoms with Crippen molar-refractivity contribution in [3.63, 3.8) is 0 Å². The maximum atomic E-state index is 14.1. The third kappa shape index (κ3) is 14.8. The highest BCUT2D eigenvalue weighted by Gasteiger charge is 2.38. The number of urea groups is 2. The van der Waals surface area contributed by atoms with Gasteiger partial charge in [0.25, 0.3) is 0 Å². The average molecular weight is 1180 g/mol. The minimum atomic E-state index is -0.678. The average Bonchev–Trinajstić information content (AvgIpc) is 2.73. The van der Waals surface area contributed by atoms with Crippen LogP contribution in [0.5, 0.6) is 0 Å². The largest absolute Gasteiger partial charge is 0.439 e. The number of para-hydroxylation sites is 2. The first-order valence-corrected chi connectivity index (χ1v) is 29.8. The Morgan fingerprint density at radius 2 is 0.965 bits per heavy atom. The number of hydrogen-bond acceptors (Lipinski definition) is 15. The first kappa shape index (κ1) is 59.4. The number of H-pyrrole nitrogens is 2. The lowest BCUT2D eigenvalue weighted by atomic mass is 9.83. The molecule has 5 amide bonds.